The molecule has 1 aliphatic rings. The quantitative estimate of drug-likeness (QED) is 0.664. The number of phenolic OH excluding ortho intramolecular Hbond substituents is 1. The monoisotopic (exact) mass is 419 g/mol. The Kier molecular flexibility index (Phi) is 6.28. The molecule has 4 rings (SSSR count). The number of rotatable bonds is 6. The maximum atomic E-state index is 12.8. The van der Waals surface area contributed by atoms with Gasteiger partial charge in [0.25, 0.3) is 0 Å². The average molecular weight is 420 g/mol. The zero-order chi connectivity index (χ0) is 21.8. The maximum Gasteiger partial charge on any atom is 0.236 e. The topological polar surface area (TPSA) is 56.2 Å². The highest BCUT2D eigenvalue weighted by molar-refractivity contribution is 5.84. The molecule has 0 aromatic heterocycles. The van der Waals surface area contributed by atoms with Crippen LogP contribution in [0.2, 0.25) is 0 Å². The van der Waals surface area contributed by atoms with Gasteiger partial charge in [0, 0.05) is 39.8 Å². The Bertz CT molecular complexity index is 1060. The number of ether oxygens (including phenoxy) is 1. The maximum absolute atomic E-state index is 12.8. The third kappa shape index (κ3) is 4.91. The molecule has 3 aromatic rings. The van der Waals surface area contributed by atoms with Crippen molar-refractivity contribution < 1.29 is 14.6 Å². The molecule has 3 aromatic carbocycles. The number of piperazine rings is 1. The summed E-state index contributed by atoms with van der Waals surface area (Å²) in [5.41, 5.74) is 1.97. The van der Waals surface area contributed by atoms with Crippen molar-refractivity contribution in [3.8, 4) is 11.5 Å². The van der Waals surface area contributed by atoms with E-state index in [1.54, 1.807) is 18.1 Å². The first-order valence-electron chi connectivity index (χ1n) is 10.6. The Morgan fingerprint density at radius 1 is 1.00 bits per heavy atom. The summed E-state index contributed by atoms with van der Waals surface area (Å²) in [4.78, 5) is 18.9. The Labute approximate surface area is 183 Å². The standard InChI is InChI=1S/C25H29N3O3/c1-26(17-19-7-8-21-16-22(31-2)10-9-20(21)15-19)25(30)18-27-11-13-28(14-12-27)23-5-3-4-6-24(23)29/h3-10,15-16,29H,11-14,17-18H2,1-2H3. The van der Waals surface area contributed by atoms with Crippen LogP contribution >= 0.6 is 0 Å². The molecule has 0 radical (unpaired) electrons. The third-order valence-corrected chi connectivity index (χ3v) is 5.91. The lowest BCUT2D eigenvalue weighted by molar-refractivity contribution is -0.131. The molecule has 31 heavy (non-hydrogen) atoms. The highest BCUT2D eigenvalue weighted by atomic mass is 16.5. The van der Waals surface area contributed by atoms with Gasteiger partial charge in [0.05, 0.1) is 19.3 Å². The Balaban J connectivity index is 1.31. The number of para-hydroxylation sites is 2. The number of fused-ring (bicyclic) bond motifs is 1. The van der Waals surface area contributed by atoms with Crippen LogP contribution in [0, 0.1) is 0 Å². The smallest absolute Gasteiger partial charge is 0.236 e. The van der Waals surface area contributed by atoms with Crippen LogP contribution in [0.4, 0.5) is 5.69 Å². The molecule has 1 heterocycles. The van der Waals surface area contributed by atoms with Gasteiger partial charge in [0.2, 0.25) is 5.91 Å². The van der Waals surface area contributed by atoms with E-state index in [0.29, 0.717) is 18.8 Å². The van der Waals surface area contributed by atoms with E-state index in [9.17, 15) is 9.90 Å². The van der Waals surface area contributed by atoms with Crippen LogP contribution in [0.5, 0.6) is 11.5 Å². The lowest BCUT2D eigenvalue weighted by Crippen LogP contribution is -2.49. The number of hydrogen-bond donors (Lipinski definition) is 1. The van der Waals surface area contributed by atoms with Crippen LogP contribution in [-0.2, 0) is 11.3 Å². The first kappa shape index (κ1) is 21.0. The molecule has 0 saturated carbocycles. The number of carbonyl (C=O) groups excluding carboxylic acids is 1. The number of likely N-dealkylation sites (N-methyl/N-ethyl adjacent to an activating group) is 1. The van der Waals surface area contributed by atoms with Crippen molar-refractivity contribution in [2.24, 2.45) is 0 Å². The van der Waals surface area contributed by atoms with E-state index in [1.165, 1.54) is 0 Å². The molecule has 0 aliphatic carbocycles. The van der Waals surface area contributed by atoms with Gasteiger partial charge >= 0.3 is 0 Å². The molecule has 1 fully saturated rings. The third-order valence-electron chi connectivity index (χ3n) is 5.91. The number of nitrogens with zero attached hydrogens (tertiary/aromatic N) is 3. The van der Waals surface area contributed by atoms with Crippen molar-refractivity contribution in [2.75, 3.05) is 51.8 Å². The van der Waals surface area contributed by atoms with Gasteiger partial charge in [0.15, 0.2) is 0 Å². The van der Waals surface area contributed by atoms with E-state index < -0.39 is 0 Å². The first-order valence-corrected chi connectivity index (χ1v) is 10.6. The number of methoxy groups -OCH3 is 1. The summed E-state index contributed by atoms with van der Waals surface area (Å²) in [7, 11) is 3.53. The fourth-order valence-electron chi connectivity index (χ4n) is 4.05. The van der Waals surface area contributed by atoms with Crippen LogP contribution in [0.1, 0.15) is 5.56 Å². The van der Waals surface area contributed by atoms with Crippen molar-refractivity contribution in [3.63, 3.8) is 0 Å². The summed E-state index contributed by atoms with van der Waals surface area (Å²) in [6.07, 6.45) is 0. The molecule has 6 heteroatoms. The summed E-state index contributed by atoms with van der Waals surface area (Å²) in [5, 5.41) is 12.3. The predicted molar refractivity (Wildman–Crippen MR) is 124 cm³/mol. The zero-order valence-corrected chi connectivity index (χ0v) is 18.1. The van der Waals surface area contributed by atoms with Crippen LogP contribution < -0.4 is 9.64 Å². The molecule has 162 valence electrons. The average Bonchev–Trinajstić information content (AvgIpc) is 2.79. The van der Waals surface area contributed by atoms with Gasteiger partial charge in [-0.2, -0.15) is 0 Å². The minimum atomic E-state index is 0.117. The summed E-state index contributed by atoms with van der Waals surface area (Å²) in [5.74, 6) is 1.27. The number of anilines is 1. The second-order valence-electron chi connectivity index (χ2n) is 8.05. The fraction of sp³-hybridized carbons (Fsp3) is 0.320. The predicted octanol–water partition coefficient (Wildman–Crippen LogP) is 3.33. The van der Waals surface area contributed by atoms with Crippen LogP contribution in [-0.4, -0.2) is 67.7 Å². The summed E-state index contributed by atoms with van der Waals surface area (Å²) < 4.78 is 5.29. The van der Waals surface area contributed by atoms with Gasteiger partial charge in [-0.25, -0.2) is 0 Å². The van der Waals surface area contributed by atoms with Gasteiger partial charge in [-0.05, 0) is 46.7 Å². The number of hydrogen-bond acceptors (Lipinski definition) is 5. The molecular formula is C25H29N3O3. The molecule has 1 saturated heterocycles. The van der Waals surface area contributed by atoms with E-state index in [-0.39, 0.29) is 5.91 Å². The SMILES string of the molecule is COc1ccc2cc(CN(C)C(=O)CN3CCN(c4ccccc4O)CC3)ccc2c1. The lowest BCUT2D eigenvalue weighted by Gasteiger charge is -2.36. The number of aromatic hydroxyl groups is 1. The minimum Gasteiger partial charge on any atom is -0.506 e. The van der Waals surface area contributed by atoms with Gasteiger partial charge in [-0.3, -0.25) is 9.69 Å². The number of phenols is 1. The van der Waals surface area contributed by atoms with Gasteiger partial charge in [-0.1, -0.05) is 30.3 Å². The van der Waals surface area contributed by atoms with Crippen LogP contribution in [0.15, 0.2) is 60.7 Å². The normalized spacial score (nSPS) is 14.6. The van der Waals surface area contributed by atoms with E-state index in [4.69, 9.17) is 4.74 Å². The minimum absolute atomic E-state index is 0.117. The fourth-order valence-corrected chi connectivity index (χ4v) is 4.05. The Hall–Kier alpha value is -3.25. The van der Waals surface area contributed by atoms with Gasteiger partial charge < -0.3 is 19.6 Å². The second-order valence-corrected chi connectivity index (χ2v) is 8.05. The molecule has 0 unspecified atom stereocenters. The van der Waals surface area contributed by atoms with Gasteiger partial charge in [0.1, 0.15) is 11.5 Å². The summed E-state index contributed by atoms with van der Waals surface area (Å²) >= 11 is 0. The zero-order valence-electron chi connectivity index (χ0n) is 18.1. The highest BCUT2D eigenvalue weighted by Gasteiger charge is 2.22. The first-order chi connectivity index (χ1) is 15.0. The Morgan fingerprint density at radius 2 is 1.71 bits per heavy atom. The van der Waals surface area contributed by atoms with Gasteiger partial charge in [-0.15, -0.1) is 0 Å². The molecule has 0 atom stereocenters. The molecule has 1 amide bonds. The number of benzene rings is 3. The molecule has 1 aliphatic heterocycles. The van der Waals surface area contributed by atoms with E-state index in [2.05, 4.69) is 28.0 Å². The molecule has 0 spiro atoms. The van der Waals surface area contributed by atoms with E-state index >= 15 is 0 Å². The number of carbonyl (C=O) groups is 1. The molecule has 1 N–H and O–H groups in total. The highest BCUT2D eigenvalue weighted by Crippen LogP contribution is 2.27. The largest absolute Gasteiger partial charge is 0.506 e. The molecular weight excluding hydrogens is 390 g/mol. The van der Waals surface area contributed by atoms with E-state index in [0.717, 1.165) is 54.0 Å². The summed E-state index contributed by atoms with van der Waals surface area (Å²) in [6.45, 7) is 4.18. The van der Waals surface area contributed by atoms with Crippen LogP contribution in [0.25, 0.3) is 10.8 Å². The molecule has 6 nitrogen and oxygen atoms in total. The van der Waals surface area contributed by atoms with Crippen LogP contribution in [0.3, 0.4) is 0 Å². The summed E-state index contributed by atoms with van der Waals surface area (Å²) in [6, 6.07) is 19.7. The Morgan fingerprint density at radius 3 is 2.45 bits per heavy atom. The van der Waals surface area contributed by atoms with Crippen molar-refractivity contribution in [3.05, 3.63) is 66.2 Å². The van der Waals surface area contributed by atoms with Crippen molar-refractivity contribution in [1.29, 1.82) is 0 Å². The van der Waals surface area contributed by atoms with Crippen molar-refractivity contribution >= 4 is 22.4 Å². The second kappa shape index (κ2) is 9.27. The van der Waals surface area contributed by atoms with Crippen molar-refractivity contribution in [2.45, 2.75) is 6.54 Å². The van der Waals surface area contributed by atoms with Crippen molar-refractivity contribution in [1.82, 2.24) is 9.80 Å². The molecule has 0 bridgehead atoms. The number of amides is 1. The lowest BCUT2D eigenvalue weighted by atomic mass is 10.1. The van der Waals surface area contributed by atoms with E-state index in [1.807, 2.05) is 43.4 Å².